The van der Waals surface area contributed by atoms with E-state index in [2.05, 4.69) is 20.6 Å². The van der Waals surface area contributed by atoms with Crippen LogP contribution in [0.2, 0.25) is 0 Å². The number of hydrogen-bond donors (Lipinski definition) is 2. The Morgan fingerprint density at radius 3 is 2.66 bits per heavy atom. The van der Waals surface area contributed by atoms with Gasteiger partial charge < -0.3 is 5.32 Å². The largest absolute Gasteiger partial charge is 0.352 e. The van der Waals surface area contributed by atoms with Gasteiger partial charge in [0.05, 0.1) is 11.3 Å². The Balaban J connectivity index is 1.69. The fraction of sp³-hybridized carbons (Fsp3) is 0.158. The number of pyridine rings is 1. The molecule has 3 rings (SSSR count). The topological polar surface area (TPSA) is 84.0 Å². The van der Waals surface area contributed by atoms with Crippen molar-refractivity contribution in [3.63, 3.8) is 0 Å². The van der Waals surface area contributed by atoms with Crippen LogP contribution in [-0.2, 0) is 11.3 Å². The Bertz CT molecular complexity index is 1010. The average Bonchev–Trinajstić information content (AvgIpc) is 3.15. The second-order valence-corrected chi connectivity index (χ2v) is 7.67. The zero-order valence-electron chi connectivity index (χ0n) is 15.2. The van der Waals surface area contributed by atoms with Crippen molar-refractivity contribution in [2.45, 2.75) is 24.3 Å². The minimum atomic E-state index is -2.67. The maximum Gasteiger partial charge on any atom is 0.290 e. The van der Waals surface area contributed by atoms with Gasteiger partial charge in [-0.15, -0.1) is 11.3 Å². The van der Waals surface area contributed by atoms with Crippen LogP contribution in [0.15, 0.2) is 53.0 Å². The Labute approximate surface area is 173 Å². The van der Waals surface area contributed by atoms with Crippen LogP contribution in [0.1, 0.15) is 22.8 Å². The molecule has 29 heavy (non-hydrogen) atoms. The van der Waals surface area contributed by atoms with Crippen molar-refractivity contribution in [1.82, 2.24) is 15.3 Å². The molecule has 0 spiro atoms. The second kappa shape index (κ2) is 9.57. The number of rotatable bonds is 7. The summed E-state index contributed by atoms with van der Waals surface area (Å²) >= 11 is 1.45. The van der Waals surface area contributed by atoms with Crippen molar-refractivity contribution < 1.29 is 18.4 Å². The molecule has 0 aliphatic heterocycles. The molecule has 0 unspecified atom stereocenters. The lowest BCUT2D eigenvalue weighted by molar-refractivity contribution is -0.119. The molecule has 0 radical (unpaired) electrons. The Hall–Kier alpha value is -2.85. The van der Waals surface area contributed by atoms with E-state index in [0.717, 1.165) is 11.1 Å². The molecule has 1 aromatic carbocycles. The van der Waals surface area contributed by atoms with Crippen molar-refractivity contribution in [2.75, 3.05) is 5.32 Å². The molecule has 0 aliphatic rings. The molecule has 10 heteroatoms. The summed E-state index contributed by atoms with van der Waals surface area (Å²) in [5.74, 6) is -3.32. The highest BCUT2D eigenvalue weighted by atomic mass is 32.2. The lowest BCUT2D eigenvalue weighted by atomic mass is 10.1. The first-order chi connectivity index (χ1) is 13.9. The first kappa shape index (κ1) is 20.9. The number of halogens is 2. The minimum Gasteiger partial charge on any atom is -0.352 e. The number of nitrogens with one attached hydrogen (secondary N) is 2. The van der Waals surface area contributed by atoms with Gasteiger partial charge in [-0.3, -0.25) is 14.9 Å². The van der Waals surface area contributed by atoms with Crippen LogP contribution in [0.3, 0.4) is 0 Å². The van der Waals surface area contributed by atoms with Gasteiger partial charge in [0.1, 0.15) is 5.03 Å². The van der Waals surface area contributed by atoms with Crippen LogP contribution in [0.5, 0.6) is 0 Å². The number of nitrogens with zero attached hydrogens (tertiary/aromatic N) is 2. The molecule has 0 atom stereocenters. The molecule has 2 amide bonds. The SMILES string of the molecule is CC(=O)NCc1ccc(-c2csc(NC(=O)c3cccnc3SC(F)F)n2)cc1. The van der Waals surface area contributed by atoms with E-state index >= 15 is 0 Å². The van der Waals surface area contributed by atoms with Crippen LogP contribution in [0, 0.1) is 0 Å². The van der Waals surface area contributed by atoms with Gasteiger partial charge in [-0.25, -0.2) is 9.97 Å². The number of thioether (sulfide) groups is 1. The third-order valence-electron chi connectivity index (χ3n) is 3.73. The van der Waals surface area contributed by atoms with Crippen LogP contribution in [-0.4, -0.2) is 27.5 Å². The molecule has 0 bridgehead atoms. The summed E-state index contributed by atoms with van der Waals surface area (Å²) in [4.78, 5) is 31.7. The predicted octanol–water partition coefficient (Wildman–Crippen LogP) is 4.41. The number of hydrogen-bond acceptors (Lipinski definition) is 6. The fourth-order valence-corrected chi connectivity index (χ4v) is 3.68. The van der Waals surface area contributed by atoms with Gasteiger partial charge in [-0.05, 0) is 29.5 Å². The van der Waals surface area contributed by atoms with Crippen molar-refractivity contribution in [3.05, 3.63) is 59.1 Å². The summed E-state index contributed by atoms with van der Waals surface area (Å²) in [5.41, 5.74) is 2.54. The summed E-state index contributed by atoms with van der Waals surface area (Å²) in [6, 6.07) is 10.5. The second-order valence-electron chi connectivity index (χ2n) is 5.83. The number of alkyl halides is 2. The summed E-state index contributed by atoms with van der Waals surface area (Å²) in [7, 11) is 0. The van der Waals surface area contributed by atoms with Crippen molar-refractivity contribution in [1.29, 1.82) is 0 Å². The van der Waals surface area contributed by atoms with Crippen molar-refractivity contribution in [3.8, 4) is 11.3 Å². The molecule has 3 aromatic rings. The summed E-state index contributed by atoms with van der Waals surface area (Å²) in [6.07, 6.45) is 1.36. The molecule has 2 heterocycles. The number of anilines is 1. The van der Waals surface area contributed by atoms with E-state index < -0.39 is 11.7 Å². The zero-order valence-corrected chi connectivity index (χ0v) is 16.8. The predicted molar refractivity (Wildman–Crippen MR) is 109 cm³/mol. The highest BCUT2D eigenvalue weighted by Gasteiger charge is 2.18. The molecule has 2 N–H and O–H groups in total. The van der Waals surface area contributed by atoms with Gasteiger partial charge in [-0.2, -0.15) is 8.78 Å². The van der Waals surface area contributed by atoms with Crippen LogP contribution >= 0.6 is 23.1 Å². The summed E-state index contributed by atoms with van der Waals surface area (Å²) in [6.45, 7) is 1.90. The molecule has 0 saturated carbocycles. The highest BCUT2D eigenvalue weighted by molar-refractivity contribution is 7.99. The minimum absolute atomic E-state index is 0.0356. The van der Waals surface area contributed by atoms with Gasteiger partial charge in [0.15, 0.2) is 5.13 Å². The summed E-state index contributed by atoms with van der Waals surface area (Å²) < 4.78 is 25.3. The average molecular weight is 434 g/mol. The van der Waals surface area contributed by atoms with E-state index in [-0.39, 0.29) is 28.3 Å². The molecular weight excluding hydrogens is 418 g/mol. The fourth-order valence-electron chi connectivity index (χ4n) is 2.39. The molecule has 0 aliphatic carbocycles. The van der Waals surface area contributed by atoms with Crippen molar-refractivity contribution >= 4 is 40.0 Å². The van der Waals surface area contributed by atoms with E-state index in [1.54, 1.807) is 5.38 Å². The maximum absolute atomic E-state index is 12.7. The maximum atomic E-state index is 12.7. The molecule has 2 aromatic heterocycles. The molecular formula is C19H16F2N4O2S2. The van der Waals surface area contributed by atoms with Crippen LogP contribution < -0.4 is 10.6 Å². The van der Waals surface area contributed by atoms with E-state index in [1.807, 2.05) is 24.3 Å². The number of carbonyl (C=O) groups is 2. The third kappa shape index (κ3) is 5.81. The third-order valence-corrected chi connectivity index (χ3v) is 5.22. The molecule has 150 valence electrons. The van der Waals surface area contributed by atoms with Gasteiger partial charge in [0.2, 0.25) is 5.91 Å². The smallest absolute Gasteiger partial charge is 0.290 e. The van der Waals surface area contributed by atoms with E-state index in [4.69, 9.17) is 0 Å². The van der Waals surface area contributed by atoms with Gasteiger partial charge in [0, 0.05) is 30.6 Å². The lowest BCUT2D eigenvalue weighted by Crippen LogP contribution is -2.18. The Kier molecular flexibility index (Phi) is 6.89. The first-order valence-electron chi connectivity index (χ1n) is 8.43. The quantitative estimate of drug-likeness (QED) is 0.538. The number of benzene rings is 1. The monoisotopic (exact) mass is 434 g/mol. The number of aromatic nitrogens is 2. The number of carbonyl (C=O) groups excluding carboxylic acids is 2. The van der Waals surface area contributed by atoms with Crippen molar-refractivity contribution in [2.24, 2.45) is 0 Å². The first-order valence-corrected chi connectivity index (χ1v) is 10.2. The number of amides is 2. The molecule has 6 nitrogen and oxygen atoms in total. The standard InChI is InChI=1S/C19H16F2N4O2S2/c1-11(26)23-9-12-4-6-13(7-5-12)15-10-28-19(24-15)25-16(27)14-3-2-8-22-17(14)29-18(20)21/h2-8,10,18H,9H2,1H3,(H,23,26)(H,24,25,27). The Morgan fingerprint density at radius 2 is 1.97 bits per heavy atom. The van der Waals surface area contributed by atoms with E-state index in [1.165, 1.54) is 36.6 Å². The molecule has 0 fully saturated rings. The van der Waals surface area contributed by atoms with Gasteiger partial charge >= 0.3 is 0 Å². The molecule has 0 saturated heterocycles. The van der Waals surface area contributed by atoms with Crippen LogP contribution in [0.4, 0.5) is 13.9 Å². The zero-order chi connectivity index (χ0) is 20.8. The van der Waals surface area contributed by atoms with E-state index in [9.17, 15) is 18.4 Å². The van der Waals surface area contributed by atoms with Gasteiger partial charge in [0.25, 0.3) is 11.7 Å². The Morgan fingerprint density at radius 1 is 1.21 bits per heavy atom. The van der Waals surface area contributed by atoms with E-state index in [0.29, 0.717) is 17.4 Å². The number of thiazole rings is 1. The van der Waals surface area contributed by atoms with Gasteiger partial charge in [-0.1, -0.05) is 24.3 Å². The normalized spacial score (nSPS) is 10.8. The van der Waals surface area contributed by atoms with Crippen LogP contribution in [0.25, 0.3) is 11.3 Å². The lowest BCUT2D eigenvalue weighted by Gasteiger charge is -2.06. The summed E-state index contributed by atoms with van der Waals surface area (Å²) in [5, 5.41) is 7.46. The highest BCUT2D eigenvalue weighted by Crippen LogP contribution is 2.28.